The van der Waals surface area contributed by atoms with Crippen LogP contribution in [0, 0.1) is 6.92 Å². The molecule has 3 heteroatoms. The zero-order chi connectivity index (χ0) is 8.55. The zero-order valence-corrected chi connectivity index (χ0v) is 7.80. The number of halogens is 1. The Morgan fingerprint density at radius 1 is 1.42 bits per heavy atom. The Morgan fingerprint density at radius 3 is 2.67 bits per heavy atom. The normalized spacial score (nSPS) is 16.0. The number of pyridine rings is 1. The van der Waals surface area contributed by atoms with Gasteiger partial charge < -0.3 is 4.90 Å². The third-order valence-corrected chi connectivity index (χ3v) is 2.32. The van der Waals surface area contributed by atoms with Gasteiger partial charge in [0.25, 0.3) is 0 Å². The lowest BCUT2D eigenvalue weighted by Crippen LogP contribution is -2.37. The van der Waals surface area contributed by atoms with Gasteiger partial charge in [-0.3, -0.25) is 0 Å². The molecule has 1 aromatic heterocycles. The SMILES string of the molecule is Cc1cc(N2CCC2)cc(Cl)n1. The molecule has 0 aromatic carbocycles. The molecule has 0 spiro atoms. The van der Waals surface area contributed by atoms with Crippen molar-refractivity contribution in [2.45, 2.75) is 13.3 Å². The van der Waals surface area contributed by atoms with Crippen LogP contribution in [0.1, 0.15) is 12.1 Å². The number of aryl methyl sites for hydroxylation is 1. The summed E-state index contributed by atoms with van der Waals surface area (Å²) in [5.74, 6) is 0. The monoisotopic (exact) mass is 182 g/mol. The predicted molar refractivity (Wildman–Crippen MR) is 50.8 cm³/mol. The Kier molecular flexibility index (Phi) is 1.93. The molecule has 0 bridgehead atoms. The highest BCUT2D eigenvalue weighted by molar-refractivity contribution is 6.29. The molecule has 0 amide bonds. The standard InChI is InChI=1S/C9H11ClN2/c1-7-5-8(6-9(10)11-7)12-3-2-4-12/h5-6H,2-4H2,1H3. The first-order chi connectivity index (χ1) is 5.75. The van der Waals surface area contributed by atoms with Crippen LogP contribution >= 0.6 is 11.6 Å². The van der Waals surface area contributed by atoms with E-state index in [1.165, 1.54) is 12.1 Å². The highest BCUT2D eigenvalue weighted by Gasteiger charge is 2.14. The number of rotatable bonds is 1. The molecule has 1 aromatic rings. The number of aromatic nitrogens is 1. The predicted octanol–water partition coefficient (Wildman–Crippen LogP) is 2.25. The van der Waals surface area contributed by atoms with Crippen molar-refractivity contribution in [2.75, 3.05) is 18.0 Å². The van der Waals surface area contributed by atoms with Gasteiger partial charge in [0, 0.05) is 24.5 Å². The molecule has 0 unspecified atom stereocenters. The van der Waals surface area contributed by atoms with Crippen molar-refractivity contribution in [3.8, 4) is 0 Å². The highest BCUT2D eigenvalue weighted by atomic mass is 35.5. The molecule has 0 radical (unpaired) electrons. The second kappa shape index (κ2) is 2.94. The van der Waals surface area contributed by atoms with Crippen LogP contribution in [0.2, 0.25) is 5.15 Å². The average molecular weight is 183 g/mol. The van der Waals surface area contributed by atoms with Crippen LogP contribution in [-0.4, -0.2) is 18.1 Å². The Hall–Kier alpha value is -0.760. The molecule has 2 rings (SSSR count). The van der Waals surface area contributed by atoms with Crippen molar-refractivity contribution in [1.82, 2.24) is 4.98 Å². The second-order valence-electron chi connectivity index (χ2n) is 3.13. The molecule has 12 heavy (non-hydrogen) atoms. The van der Waals surface area contributed by atoms with Gasteiger partial charge in [0.1, 0.15) is 5.15 Å². The van der Waals surface area contributed by atoms with E-state index in [-0.39, 0.29) is 0 Å². The van der Waals surface area contributed by atoms with Crippen LogP contribution in [0.25, 0.3) is 0 Å². The fourth-order valence-electron chi connectivity index (χ4n) is 1.37. The minimum Gasteiger partial charge on any atom is -0.371 e. The number of anilines is 1. The number of hydrogen-bond donors (Lipinski definition) is 0. The Bertz CT molecular complexity index is 274. The molecule has 1 aliphatic rings. The summed E-state index contributed by atoms with van der Waals surface area (Å²) < 4.78 is 0. The maximum atomic E-state index is 5.84. The van der Waals surface area contributed by atoms with Crippen molar-refractivity contribution in [3.63, 3.8) is 0 Å². The molecule has 1 fully saturated rings. The third kappa shape index (κ3) is 1.39. The van der Waals surface area contributed by atoms with Gasteiger partial charge >= 0.3 is 0 Å². The maximum absolute atomic E-state index is 5.84. The summed E-state index contributed by atoms with van der Waals surface area (Å²) >= 11 is 5.84. The molecule has 0 atom stereocenters. The van der Waals surface area contributed by atoms with E-state index in [2.05, 4.69) is 16.0 Å². The molecule has 2 heterocycles. The van der Waals surface area contributed by atoms with Crippen molar-refractivity contribution in [2.24, 2.45) is 0 Å². The van der Waals surface area contributed by atoms with Gasteiger partial charge in [-0.25, -0.2) is 4.98 Å². The summed E-state index contributed by atoms with van der Waals surface area (Å²) in [6, 6.07) is 4.00. The van der Waals surface area contributed by atoms with Crippen molar-refractivity contribution in [1.29, 1.82) is 0 Å². The summed E-state index contributed by atoms with van der Waals surface area (Å²) in [6.07, 6.45) is 1.29. The lowest BCUT2D eigenvalue weighted by atomic mass is 10.2. The van der Waals surface area contributed by atoms with Crippen molar-refractivity contribution >= 4 is 17.3 Å². The Morgan fingerprint density at radius 2 is 2.17 bits per heavy atom. The summed E-state index contributed by atoms with van der Waals surface area (Å²) in [5, 5.41) is 0.594. The second-order valence-corrected chi connectivity index (χ2v) is 3.52. The number of nitrogens with zero attached hydrogens (tertiary/aromatic N) is 2. The minimum atomic E-state index is 0.594. The highest BCUT2D eigenvalue weighted by Crippen LogP contribution is 2.23. The molecule has 2 nitrogen and oxygen atoms in total. The van der Waals surface area contributed by atoms with Crippen LogP contribution in [-0.2, 0) is 0 Å². The fraction of sp³-hybridized carbons (Fsp3) is 0.444. The van der Waals surface area contributed by atoms with Gasteiger partial charge in [0.05, 0.1) is 0 Å². The topological polar surface area (TPSA) is 16.1 Å². The molecule has 0 N–H and O–H groups in total. The first kappa shape index (κ1) is 7.87. The first-order valence-corrected chi connectivity index (χ1v) is 4.52. The lowest BCUT2D eigenvalue weighted by Gasteiger charge is -2.33. The van der Waals surface area contributed by atoms with Gasteiger partial charge in [-0.15, -0.1) is 0 Å². The number of hydrogen-bond acceptors (Lipinski definition) is 2. The van der Waals surface area contributed by atoms with Crippen LogP contribution in [0.15, 0.2) is 12.1 Å². The summed E-state index contributed by atoms with van der Waals surface area (Å²) in [5.41, 5.74) is 2.20. The largest absolute Gasteiger partial charge is 0.371 e. The van der Waals surface area contributed by atoms with Crippen LogP contribution in [0.5, 0.6) is 0 Å². The Labute approximate surface area is 77.2 Å². The minimum absolute atomic E-state index is 0.594. The van der Waals surface area contributed by atoms with Gasteiger partial charge in [-0.2, -0.15) is 0 Å². The van der Waals surface area contributed by atoms with Gasteiger partial charge in [0.15, 0.2) is 0 Å². The van der Waals surface area contributed by atoms with E-state index >= 15 is 0 Å². The lowest BCUT2D eigenvalue weighted by molar-refractivity contribution is 0.617. The van der Waals surface area contributed by atoms with Crippen LogP contribution < -0.4 is 4.90 Å². The molecular weight excluding hydrogens is 172 g/mol. The van der Waals surface area contributed by atoms with E-state index in [1.807, 2.05) is 13.0 Å². The van der Waals surface area contributed by atoms with Crippen LogP contribution in [0.4, 0.5) is 5.69 Å². The molecule has 0 aliphatic carbocycles. The molecule has 1 aliphatic heterocycles. The third-order valence-electron chi connectivity index (χ3n) is 2.13. The average Bonchev–Trinajstić information content (AvgIpc) is 1.79. The molecule has 64 valence electrons. The smallest absolute Gasteiger partial charge is 0.131 e. The molecule has 1 saturated heterocycles. The summed E-state index contributed by atoms with van der Waals surface area (Å²) in [6.45, 7) is 4.27. The van der Waals surface area contributed by atoms with Crippen molar-refractivity contribution in [3.05, 3.63) is 23.0 Å². The van der Waals surface area contributed by atoms with E-state index in [9.17, 15) is 0 Å². The van der Waals surface area contributed by atoms with E-state index in [4.69, 9.17) is 11.6 Å². The molecule has 0 saturated carbocycles. The zero-order valence-electron chi connectivity index (χ0n) is 7.05. The maximum Gasteiger partial charge on any atom is 0.131 e. The van der Waals surface area contributed by atoms with Crippen LogP contribution in [0.3, 0.4) is 0 Å². The summed E-state index contributed by atoms with van der Waals surface area (Å²) in [4.78, 5) is 6.42. The first-order valence-electron chi connectivity index (χ1n) is 4.15. The Balaban J connectivity index is 2.30. The van der Waals surface area contributed by atoms with E-state index < -0.39 is 0 Å². The summed E-state index contributed by atoms with van der Waals surface area (Å²) in [7, 11) is 0. The quantitative estimate of drug-likeness (QED) is 0.620. The fourth-order valence-corrected chi connectivity index (χ4v) is 1.61. The van der Waals surface area contributed by atoms with E-state index in [1.54, 1.807) is 0 Å². The van der Waals surface area contributed by atoms with E-state index in [0.29, 0.717) is 5.15 Å². The van der Waals surface area contributed by atoms with Crippen molar-refractivity contribution < 1.29 is 0 Å². The van der Waals surface area contributed by atoms with E-state index in [0.717, 1.165) is 18.8 Å². The van der Waals surface area contributed by atoms with Gasteiger partial charge in [0.2, 0.25) is 0 Å². The van der Waals surface area contributed by atoms with Gasteiger partial charge in [-0.05, 0) is 25.5 Å². The van der Waals surface area contributed by atoms with Gasteiger partial charge in [-0.1, -0.05) is 11.6 Å². The molecular formula is C9H11ClN2.